The van der Waals surface area contributed by atoms with E-state index in [0.29, 0.717) is 33.5 Å². The summed E-state index contributed by atoms with van der Waals surface area (Å²) in [4.78, 5) is 0. The zero-order chi connectivity index (χ0) is 15.0. The summed E-state index contributed by atoms with van der Waals surface area (Å²) in [6, 6.07) is 10.6. The number of rotatable bonds is 2. The number of aliphatic hydroxyl groups excluding tert-OH is 1. The van der Waals surface area contributed by atoms with E-state index in [-0.39, 0.29) is 6.10 Å². The predicted molar refractivity (Wildman–Crippen MR) is 82.4 cm³/mol. The van der Waals surface area contributed by atoms with Gasteiger partial charge in [-0.05, 0) is 30.3 Å². The SMILES string of the molecule is COc1cccc(Cl)c1C1C[C@H](O)c2cc(Cl)ccc2O1. The van der Waals surface area contributed by atoms with Crippen LogP contribution in [0.4, 0.5) is 0 Å². The van der Waals surface area contributed by atoms with E-state index in [9.17, 15) is 5.11 Å². The first-order chi connectivity index (χ1) is 10.1. The third-order valence-corrected chi connectivity index (χ3v) is 4.16. The van der Waals surface area contributed by atoms with Crippen molar-refractivity contribution in [2.45, 2.75) is 18.6 Å². The number of fused-ring (bicyclic) bond motifs is 1. The number of halogens is 2. The van der Waals surface area contributed by atoms with Crippen molar-refractivity contribution in [3.05, 3.63) is 57.6 Å². The third-order valence-electron chi connectivity index (χ3n) is 3.59. The molecule has 1 aliphatic heterocycles. The first-order valence-electron chi connectivity index (χ1n) is 6.56. The molecule has 21 heavy (non-hydrogen) atoms. The fourth-order valence-electron chi connectivity index (χ4n) is 2.60. The molecule has 110 valence electrons. The van der Waals surface area contributed by atoms with Gasteiger partial charge in [0.15, 0.2) is 0 Å². The molecule has 5 heteroatoms. The van der Waals surface area contributed by atoms with Crippen LogP contribution in [0, 0.1) is 0 Å². The van der Waals surface area contributed by atoms with Gasteiger partial charge in [0.2, 0.25) is 0 Å². The van der Waals surface area contributed by atoms with E-state index in [0.717, 1.165) is 5.56 Å². The summed E-state index contributed by atoms with van der Waals surface area (Å²) in [7, 11) is 1.59. The van der Waals surface area contributed by atoms with Crippen LogP contribution in [0.3, 0.4) is 0 Å². The predicted octanol–water partition coefficient (Wildman–Crippen LogP) is 4.56. The van der Waals surface area contributed by atoms with Gasteiger partial charge in [-0.3, -0.25) is 0 Å². The average Bonchev–Trinajstić information content (AvgIpc) is 2.47. The number of aliphatic hydroxyl groups is 1. The third kappa shape index (κ3) is 2.69. The summed E-state index contributed by atoms with van der Waals surface area (Å²) in [5.74, 6) is 1.27. The van der Waals surface area contributed by atoms with Gasteiger partial charge in [0.05, 0.1) is 23.8 Å². The van der Waals surface area contributed by atoms with Gasteiger partial charge < -0.3 is 14.6 Å². The quantitative estimate of drug-likeness (QED) is 0.880. The minimum atomic E-state index is -0.654. The molecule has 3 rings (SSSR count). The molecule has 0 aliphatic carbocycles. The second kappa shape index (κ2) is 5.76. The topological polar surface area (TPSA) is 38.7 Å². The molecule has 1 aliphatic rings. The molecule has 0 fully saturated rings. The highest BCUT2D eigenvalue weighted by Crippen LogP contribution is 2.45. The maximum atomic E-state index is 10.3. The summed E-state index contributed by atoms with van der Waals surface area (Å²) in [6.07, 6.45) is -0.622. The smallest absolute Gasteiger partial charge is 0.132 e. The molecular formula is C16H14Cl2O3. The van der Waals surface area contributed by atoms with E-state index in [4.69, 9.17) is 32.7 Å². The molecule has 3 nitrogen and oxygen atoms in total. The Labute approximate surface area is 133 Å². The molecule has 0 bridgehead atoms. The largest absolute Gasteiger partial charge is 0.496 e. The standard InChI is InChI=1S/C16H14Cl2O3/c1-20-14-4-2-3-11(18)16(14)15-8-12(19)10-7-9(17)5-6-13(10)21-15/h2-7,12,15,19H,8H2,1H3/t12-,15?/m0/s1. The summed E-state index contributed by atoms with van der Waals surface area (Å²) in [5.41, 5.74) is 1.45. The van der Waals surface area contributed by atoms with Gasteiger partial charge in [-0.25, -0.2) is 0 Å². The van der Waals surface area contributed by atoms with Crippen molar-refractivity contribution in [1.82, 2.24) is 0 Å². The van der Waals surface area contributed by atoms with Crippen molar-refractivity contribution in [2.75, 3.05) is 7.11 Å². The van der Waals surface area contributed by atoms with Crippen molar-refractivity contribution in [1.29, 1.82) is 0 Å². The fourth-order valence-corrected chi connectivity index (χ4v) is 3.07. The van der Waals surface area contributed by atoms with Crippen LogP contribution in [-0.2, 0) is 0 Å². The molecule has 2 aromatic rings. The van der Waals surface area contributed by atoms with Gasteiger partial charge in [-0.2, -0.15) is 0 Å². The van der Waals surface area contributed by atoms with Crippen LogP contribution in [0.25, 0.3) is 0 Å². The van der Waals surface area contributed by atoms with Crippen molar-refractivity contribution >= 4 is 23.2 Å². The Balaban J connectivity index is 2.02. The Kier molecular flexibility index (Phi) is 3.98. The van der Waals surface area contributed by atoms with E-state index < -0.39 is 6.10 Å². The van der Waals surface area contributed by atoms with Gasteiger partial charge in [-0.15, -0.1) is 0 Å². The number of hydrogen-bond acceptors (Lipinski definition) is 3. The molecule has 2 aromatic carbocycles. The number of ether oxygens (including phenoxy) is 2. The molecule has 0 saturated carbocycles. The average molecular weight is 325 g/mol. The van der Waals surface area contributed by atoms with Crippen LogP contribution in [0.2, 0.25) is 10.0 Å². The van der Waals surface area contributed by atoms with Crippen LogP contribution < -0.4 is 9.47 Å². The monoisotopic (exact) mass is 324 g/mol. The molecule has 1 heterocycles. The van der Waals surface area contributed by atoms with E-state index in [1.54, 1.807) is 31.4 Å². The van der Waals surface area contributed by atoms with E-state index in [1.165, 1.54) is 0 Å². The van der Waals surface area contributed by atoms with Crippen molar-refractivity contribution < 1.29 is 14.6 Å². The van der Waals surface area contributed by atoms with Crippen molar-refractivity contribution in [3.63, 3.8) is 0 Å². The number of benzene rings is 2. The lowest BCUT2D eigenvalue weighted by Gasteiger charge is -2.31. The highest BCUT2D eigenvalue weighted by molar-refractivity contribution is 6.31. The van der Waals surface area contributed by atoms with E-state index in [1.807, 2.05) is 12.1 Å². The lowest BCUT2D eigenvalue weighted by Crippen LogP contribution is -2.20. The van der Waals surface area contributed by atoms with Crippen LogP contribution >= 0.6 is 23.2 Å². The van der Waals surface area contributed by atoms with Gasteiger partial charge in [0.1, 0.15) is 17.6 Å². The first kappa shape index (κ1) is 14.5. The van der Waals surface area contributed by atoms with Crippen LogP contribution in [0.5, 0.6) is 11.5 Å². The minimum absolute atomic E-state index is 0.364. The molecule has 2 atom stereocenters. The number of hydrogen-bond donors (Lipinski definition) is 1. The first-order valence-corrected chi connectivity index (χ1v) is 7.32. The molecule has 0 spiro atoms. The van der Waals surface area contributed by atoms with Crippen LogP contribution in [0.15, 0.2) is 36.4 Å². The Morgan fingerprint density at radius 2 is 2.05 bits per heavy atom. The second-order valence-electron chi connectivity index (χ2n) is 4.90. The molecule has 1 unspecified atom stereocenters. The zero-order valence-corrected chi connectivity index (χ0v) is 12.9. The van der Waals surface area contributed by atoms with Crippen molar-refractivity contribution in [3.8, 4) is 11.5 Å². The molecular weight excluding hydrogens is 311 g/mol. The Morgan fingerprint density at radius 3 is 2.81 bits per heavy atom. The van der Waals surface area contributed by atoms with Gasteiger partial charge in [0.25, 0.3) is 0 Å². The maximum Gasteiger partial charge on any atom is 0.132 e. The van der Waals surface area contributed by atoms with Crippen LogP contribution in [-0.4, -0.2) is 12.2 Å². The van der Waals surface area contributed by atoms with Gasteiger partial charge in [0, 0.05) is 17.0 Å². The van der Waals surface area contributed by atoms with E-state index in [2.05, 4.69) is 0 Å². The fraction of sp³-hybridized carbons (Fsp3) is 0.250. The maximum absolute atomic E-state index is 10.3. The number of methoxy groups -OCH3 is 1. The lowest BCUT2D eigenvalue weighted by atomic mass is 9.94. The van der Waals surface area contributed by atoms with E-state index >= 15 is 0 Å². The Hall–Kier alpha value is -1.42. The molecule has 0 amide bonds. The summed E-state index contributed by atoms with van der Waals surface area (Å²) in [5, 5.41) is 11.5. The summed E-state index contributed by atoms with van der Waals surface area (Å²) < 4.78 is 11.3. The minimum Gasteiger partial charge on any atom is -0.496 e. The second-order valence-corrected chi connectivity index (χ2v) is 5.74. The molecule has 0 aromatic heterocycles. The molecule has 1 N–H and O–H groups in total. The highest BCUT2D eigenvalue weighted by atomic mass is 35.5. The lowest BCUT2D eigenvalue weighted by molar-refractivity contribution is 0.0646. The van der Waals surface area contributed by atoms with Gasteiger partial charge >= 0.3 is 0 Å². The molecule has 0 saturated heterocycles. The highest BCUT2D eigenvalue weighted by Gasteiger charge is 2.31. The zero-order valence-electron chi connectivity index (χ0n) is 11.3. The van der Waals surface area contributed by atoms with Crippen molar-refractivity contribution in [2.24, 2.45) is 0 Å². The normalized spacial score (nSPS) is 20.6. The Morgan fingerprint density at radius 1 is 1.24 bits per heavy atom. The summed E-state index contributed by atoms with van der Waals surface area (Å²) >= 11 is 12.2. The van der Waals surface area contributed by atoms with Crippen LogP contribution in [0.1, 0.15) is 29.8 Å². The summed E-state index contributed by atoms with van der Waals surface area (Å²) in [6.45, 7) is 0. The molecule has 0 radical (unpaired) electrons. The van der Waals surface area contributed by atoms with Gasteiger partial charge in [-0.1, -0.05) is 29.3 Å². The Bertz CT molecular complexity index is 673.